The molecule has 1 fully saturated rings. The lowest BCUT2D eigenvalue weighted by atomic mass is 10.2. The van der Waals surface area contributed by atoms with E-state index in [9.17, 15) is 9.18 Å². The monoisotopic (exact) mass is 345 g/mol. The summed E-state index contributed by atoms with van der Waals surface area (Å²) in [6, 6.07) is 8.80. The lowest BCUT2D eigenvalue weighted by Crippen LogP contribution is -2.49. The van der Waals surface area contributed by atoms with Gasteiger partial charge in [0.1, 0.15) is 11.6 Å². The predicted octanol–water partition coefficient (Wildman–Crippen LogP) is 2.36. The molecule has 3 rings (SSSR count). The first-order chi connectivity index (χ1) is 12.0. The average Bonchev–Trinajstić information content (AvgIpc) is 3.04. The van der Waals surface area contributed by atoms with Gasteiger partial charge in [0, 0.05) is 38.3 Å². The molecular weight excluding hydrogens is 321 g/mol. The standard InChI is InChI=1S/C18H24FN5O/c1-14(2)24-17(7-8-20-24)21-18(25)13-22-9-11-23(12-10-22)16-6-4-3-5-15(16)19/h3-8,14H,9-13H2,1-2H3,(H,21,25). The SMILES string of the molecule is CC(C)n1nccc1NC(=O)CN1CCN(c2ccccc2F)CC1. The Labute approximate surface area is 147 Å². The van der Waals surface area contributed by atoms with Gasteiger partial charge in [-0.05, 0) is 26.0 Å². The Balaban J connectivity index is 1.51. The smallest absolute Gasteiger partial charge is 0.239 e. The molecule has 1 saturated heterocycles. The van der Waals surface area contributed by atoms with Crippen molar-refractivity contribution in [3.8, 4) is 0 Å². The lowest BCUT2D eigenvalue weighted by Gasteiger charge is -2.35. The Kier molecular flexibility index (Phi) is 5.33. The number of nitrogens with one attached hydrogen (secondary N) is 1. The second-order valence-corrected chi connectivity index (χ2v) is 6.52. The number of piperazine rings is 1. The molecule has 7 heteroatoms. The molecule has 0 spiro atoms. The van der Waals surface area contributed by atoms with Crippen molar-refractivity contribution in [2.24, 2.45) is 0 Å². The largest absolute Gasteiger partial charge is 0.367 e. The summed E-state index contributed by atoms with van der Waals surface area (Å²) >= 11 is 0. The molecule has 2 heterocycles. The molecule has 0 radical (unpaired) electrons. The van der Waals surface area contributed by atoms with E-state index in [1.54, 1.807) is 29.1 Å². The van der Waals surface area contributed by atoms with Gasteiger partial charge in [0.15, 0.2) is 0 Å². The zero-order valence-corrected chi connectivity index (χ0v) is 14.7. The molecule has 1 aromatic carbocycles. The summed E-state index contributed by atoms with van der Waals surface area (Å²) in [6.45, 7) is 7.23. The van der Waals surface area contributed by atoms with E-state index in [1.807, 2.05) is 24.8 Å². The van der Waals surface area contributed by atoms with Gasteiger partial charge in [-0.15, -0.1) is 0 Å². The number of halogens is 1. The molecule has 0 aliphatic carbocycles. The van der Waals surface area contributed by atoms with Crippen molar-refractivity contribution in [1.82, 2.24) is 14.7 Å². The molecule has 1 aromatic heterocycles. The topological polar surface area (TPSA) is 53.4 Å². The van der Waals surface area contributed by atoms with E-state index in [2.05, 4.69) is 15.3 Å². The van der Waals surface area contributed by atoms with E-state index in [-0.39, 0.29) is 17.8 Å². The summed E-state index contributed by atoms with van der Waals surface area (Å²) in [5.74, 6) is 0.461. The van der Waals surface area contributed by atoms with Crippen LogP contribution in [-0.2, 0) is 4.79 Å². The minimum absolute atomic E-state index is 0.0539. The maximum Gasteiger partial charge on any atom is 0.239 e. The Morgan fingerprint density at radius 3 is 2.60 bits per heavy atom. The third-order valence-corrected chi connectivity index (χ3v) is 4.36. The van der Waals surface area contributed by atoms with Crippen LogP contribution in [0.1, 0.15) is 19.9 Å². The van der Waals surface area contributed by atoms with Crippen LogP contribution in [0.4, 0.5) is 15.9 Å². The van der Waals surface area contributed by atoms with E-state index in [4.69, 9.17) is 0 Å². The number of benzene rings is 1. The number of anilines is 2. The second kappa shape index (κ2) is 7.65. The van der Waals surface area contributed by atoms with Gasteiger partial charge in [-0.1, -0.05) is 12.1 Å². The molecule has 134 valence electrons. The van der Waals surface area contributed by atoms with Crippen LogP contribution in [0.3, 0.4) is 0 Å². The number of hydrogen-bond donors (Lipinski definition) is 1. The number of nitrogens with zero attached hydrogens (tertiary/aromatic N) is 4. The first-order valence-electron chi connectivity index (χ1n) is 8.60. The van der Waals surface area contributed by atoms with Gasteiger partial charge in [-0.2, -0.15) is 5.10 Å². The minimum atomic E-state index is -0.198. The summed E-state index contributed by atoms with van der Waals surface area (Å²) in [4.78, 5) is 16.4. The minimum Gasteiger partial charge on any atom is -0.367 e. The lowest BCUT2D eigenvalue weighted by molar-refractivity contribution is -0.117. The van der Waals surface area contributed by atoms with Crippen LogP contribution in [0.5, 0.6) is 0 Å². The zero-order chi connectivity index (χ0) is 17.8. The fraction of sp³-hybridized carbons (Fsp3) is 0.444. The van der Waals surface area contributed by atoms with Crippen LogP contribution in [0.15, 0.2) is 36.5 Å². The van der Waals surface area contributed by atoms with Crippen molar-refractivity contribution in [2.45, 2.75) is 19.9 Å². The van der Waals surface area contributed by atoms with Crippen LogP contribution in [0, 0.1) is 5.82 Å². The Morgan fingerprint density at radius 2 is 1.92 bits per heavy atom. The third-order valence-electron chi connectivity index (χ3n) is 4.36. The van der Waals surface area contributed by atoms with Crippen LogP contribution < -0.4 is 10.2 Å². The fourth-order valence-corrected chi connectivity index (χ4v) is 3.07. The molecule has 1 aliphatic rings. The number of para-hydroxylation sites is 1. The number of carbonyl (C=O) groups is 1. The van der Waals surface area contributed by atoms with Gasteiger partial charge >= 0.3 is 0 Å². The second-order valence-electron chi connectivity index (χ2n) is 6.52. The zero-order valence-electron chi connectivity index (χ0n) is 14.7. The third kappa shape index (κ3) is 4.17. The van der Waals surface area contributed by atoms with Gasteiger partial charge in [0.05, 0.1) is 18.4 Å². The number of rotatable bonds is 5. The molecule has 25 heavy (non-hydrogen) atoms. The molecule has 6 nitrogen and oxygen atoms in total. The maximum absolute atomic E-state index is 13.9. The van der Waals surface area contributed by atoms with E-state index in [0.717, 1.165) is 13.1 Å². The van der Waals surface area contributed by atoms with Crippen LogP contribution in [0.25, 0.3) is 0 Å². The molecule has 0 unspecified atom stereocenters. The summed E-state index contributed by atoms with van der Waals surface area (Å²) < 4.78 is 15.7. The fourth-order valence-electron chi connectivity index (χ4n) is 3.07. The molecule has 0 saturated carbocycles. The molecule has 2 aromatic rings. The Morgan fingerprint density at radius 1 is 1.20 bits per heavy atom. The van der Waals surface area contributed by atoms with Gasteiger partial charge in [-0.3, -0.25) is 9.69 Å². The highest BCUT2D eigenvalue weighted by Gasteiger charge is 2.21. The molecule has 0 bridgehead atoms. The maximum atomic E-state index is 13.9. The van der Waals surface area contributed by atoms with E-state index < -0.39 is 0 Å². The first-order valence-corrected chi connectivity index (χ1v) is 8.60. The number of amides is 1. The van der Waals surface area contributed by atoms with Crippen molar-refractivity contribution in [2.75, 3.05) is 42.9 Å². The first kappa shape index (κ1) is 17.4. The van der Waals surface area contributed by atoms with Crippen LogP contribution in [-0.4, -0.2) is 53.3 Å². The molecule has 1 N–H and O–H groups in total. The van der Waals surface area contributed by atoms with Crippen molar-refractivity contribution < 1.29 is 9.18 Å². The van der Waals surface area contributed by atoms with Gasteiger partial charge < -0.3 is 10.2 Å². The van der Waals surface area contributed by atoms with Gasteiger partial charge in [0.25, 0.3) is 0 Å². The highest BCUT2D eigenvalue weighted by molar-refractivity contribution is 5.91. The summed E-state index contributed by atoms with van der Waals surface area (Å²) in [5.41, 5.74) is 0.632. The normalized spacial score (nSPS) is 15.6. The van der Waals surface area contributed by atoms with Gasteiger partial charge in [0.2, 0.25) is 5.91 Å². The summed E-state index contributed by atoms with van der Waals surface area (Å²) in [5, 5.41) is 7.13. The Hall–Kier alpha value is -2.41. The van der Waals surface area contributed by atoms with Crippen LogP contribution in [0.2, 0.25) is 0 Å². The molecule has 1 aliphatic heterocycles. The van der Waals surface area contributed by atoms with Crippen molar-refractivity contribution in [1.29, 1.82) is 0 Å². The van der Waals surface area contributed by atoms with Crippen molar-refractivity contribution in [3.05, 3.63) is 42.3 Å². The predicted molar refractivity (Wildman–Crippen MR) is 96.3 cm³/mol. The molecule has 0 atom stereocenters. The molecule has 1 amide bonds. The number of carbonyl (C=O) groups excluding carboxylic acids is 1. The van der Waals surface area contributed by atoms with Crippen molar-refractivity contribution >= 4 is 17.4 Å². The summed E-state index contributed by atoms with van der Waals surface area (Å²) in [6.07, 6.45) is 1.68. The van der Waals surface area contributed by atoms with Crippen molar-refractivity contribution in [3.63, 3.8) is 0 Å². The Bertz CT molecular complexity index is 722. The number of aromatic nitrogens is 2. The quantitative estimate of drug-likeness (QED) is 0.904. The number of hydrogen-bond acceptors (Lipinski definition) is 4. The van der Waals surface area contributed by atoms with E-state index in [0.29, 0.717) is 31.1 Å². The average molecular weight is 345 g/mol. The summed E-state index contributed by atoms with van der Waals surface area (Å²) in [7, 11) is 0. The highest BCUT2D eigenvalue weighted by atomic mass is 19.1. The van der Waals surface area contributed by atoms with Crippen LogP contribution >= 0.6 is 0 Å². The van der Waals surface area contributed by atoms with E-state index >= 15 is 0 Å². The molecular formula is C18H24FN5O. The highest BCUT2D eigenvalue weighted by Crippen LogP contribution is 2.20. The van der Waals surface area contributed by atoms with E-state index in [1.165, 1.54) is 6.07 Å². The van der Waals surface area contributed by atoms with Gasteiger partial charge in [-0.25, -0.2) is 9.07 Å².